The molecule has 3 aromatic rings. The minimum atomic E-state index is 0.124. The molecule has 1 saturated heterocycles. The van der Waals surface area contributed by atoms with E-state index in [1.54, 1.807) is 6.20 Å². The third-order valence-corrected chi connectivity index (χ3v) is 6.59. The van der Waals surface area contributed by atoms with Gasteiger partial charge in [0, 0.05) is 54.5 Å². The number of amides is 1. The van der Waals surface area contributed by atoms with Crippen molar-refractivity contribution in [1.29, 1.82) is 0 Å². The third kappa shape index (κ3) is 2.99. The van der Waals surface area contributed by atoms with Crippen molar-refractivity contribution in [2.75, 3.05) is 13.1 Å². The van der Waals surface area contributed by atoms with Crippen LogP contribution in [0.5, 0.6) is 0 Å². The maximum atomic E-state index is 13.2. The Hall–Kier alpha value is -2.44. The van der Waals surface area contributed by atoms with Gasteiger partial charge in [-0.1, -0.05) is 6.07 Å². The van der Waals surface area contributed by atoms with Gasteiger partial charge in [-0.3, -0.25) is 14.7 Å². The van der Waals surface area contributed by atoms with Gasteiger partial charge in [-0.2, -0.15) is 0 Å². The molecular formula is C21H22N4OS. The number of fused-ring (bicyclic) bond motifs is 3. The SMILES string of the molecule is Cc1ccc(CN2C[C@@H]3[C@H](C2)n2cccc2C(=O)N3Cc2cccnc2)s1. The fraction of sp³-hybridized carbons (Fsp3) is 0.333. The molecule has 0 spiro atoms. The van der Waals surface area contributed by atoms with Gasteiger partial charge >= 0.3 is 0 Å². The highest BCUT2D eigenvalue weighted by atomic mass is 32.1. The molecule has 1 fully saturated rings. The van der Waals surface area contributed by atoms with Crippen LogP contribution < -0.4 is 0 Å². The molecule has 1 amide bonds. The number of rotatable bonds is 4. The molecule has 3 aromatic heterocycles. The second-order valence-corrected chi connectivity index (χ2v) is 8.81. The van der Waals surface area contributed by atoms with E-state index in [2.05, 4.69) is 44.6 Å². The zero-order chi connectivity index (χ0) is 18.4. The van der Waals surface area contributed by atoms with Crippen LogP contribution in [0.4, 0.5) is 0 Å². The molecule has 0 saturated carbocycles. The van der Waals surface area contributed by atoms with E-state index in [0.717, 1.165) is 30.9 Å². The van der Waals surface area contributed by atoms with Gasteiger partial charge in [-0.05, 0) is 42.8 Å². The summed E-state index contributed by atoms with van der Waals surface area (Å²) in [5.41, 5.74) is 1.88. The number of pyridine rings is 1. The minimum Gasteiger partial charge on any atom is -0.337 e. The summed E-state index contributed by atoms with van der Waals surface area (Å²) in [4.78, 5) is 24.7. The Morgan fingerprint density at radius 1 is 1.11 bits per heavy atom. The molecule has 27 heavy (non-hydrogen) atoms. The van der Waals surface area contributed by atoms with Crippen LogP contribution in [-0.4, -0.2) is 44.4 Å². The van der Waals surface area contributed by atoms with Crippen LogP contribution in [0.1, 0.15) is 31.8 Å². The summed E-state index contributed by atoms with van der Waals surface area (Å²) in [5.74, 6) is 0.124. The van der Waals surface area contributed by atoms with Crippen LogP contribution in [0.3, 0.4) is 0 Å². The maximum absolute atomic E-state index is 13.2. The second-order valence-electron chi connectivity index (χ2n) is 7.44. The van der Waals surface area contributed by atoms with Crippen molar-refractivity contribution in [3.63, 3.8) is 0 Å². The van der Waals surface area contributed by atoms with Crippen molar-refractivity contribution in [2.45, 2.75) is 32.1 Å². The summed E-state index contributed by atoms with van der Waals surface area (Å²) >= 11 is 1.86. The van der Waals surface area contributed by atoms with E-state index in [1.807, 2.05) is 41.8 Å². The number of aromatic nitrogens is 2. The fourth-order valence-electron chi connectivity index (χ4n) is 4.39. The number of hydrogen-bond acceptors (Lipinski definition) is 4. The summed E-state index contributed by atoms with van der Waals surface area (Å²) < 4.78 is 2.19. The van der Waals surface area contributed by atoms with Gasteiger partial charge in [0.2, 0.25) is 0 Å². The van der Waals surface area contributed by atoms with Crippen LogP contribution in [-0.2, 0) is 13.1 Å². The molecule has 5 heterocycles. The normalized spacial score (nSPS) is 22.1. The number of likely N-dealkylation sites (tertiary alicyclic amines) is 1. The van der Waals surface area contributed by atoms with Crippen molar-refractivity contribution >= 4 is 17.2 Å². The predicted molar refractivity (Wildman–Crippen MR) is 106 cm³/mol. The Bertz CT molecular complexity index is 963. The van der Waals surface area contributed by atoms with Crippen LogP contribution in [0, 0.1) is 6.92 Å². The first kappa shape index (κ1) is 16.7. The van der Waals surface area contributed by atoms with Crippen molar-refractivity contribution in [2.24, 2.45) is 0 Å². The average molecular weight is 379 g/mol. The highest BCUT2D eigenvalue weighted by Crippen LogP contribution is 2.35. The molecular weight excluding hydrogens is 356 g/mol. The standard InChI is InChI=1S/C21H22N4OS/c1-15-6-7-17(27-15)12-23-13-19-20(14-23)25(11-16-4-2-8-22-10-16)21(26)18-5-3-9-24(18)19/h2-10,19-20H,11-14H2,1H3/t19-,20+/m0/s1. The van der Waals surface area contributed by atoms with E-state index in [0.29, 0.717) is 12.6 Å². The highest BCUT2D eigenvalue weighted by Gasteiger charge is 2.44. The molecule has 5 rings (SSSR count). The molecule has 6 heteroatoms. The van der Waals surface area contributed by atoms with Gasteiger partial charge in [-0.15, -0.1) is 11.3 Å². The molecule has 0 radical (unpaired) electrons. The molecule has 0 aromatic carbocycles. The zero-order valence-corrected chi connectivity index (χ0v) is 16.1. The van der Waals surface area contributed by atoms with E-state index < -0.39 is 0 Å². The number of thiophene rings is 1. The van der Waals surface area contributed by atoms with E-state index in [9.17, 15) is 4.79 Å². The molecule has 5 nitrogen and oxygen atoms in total. The summed E-state index contributed by atoms with van der Waals surface area (Å²) in [6.07, 6.45) is 5.69. The smallest absolute Gasteiger partial charge is 0.271 e. The second kappa shape index (κ2) is 6.62. The lowest BCUT2D eigenvalue weighted by molar-refractivity contribution is 0.0556. The Balaban J connectivity index is 1.43. The van der Waals surface area contributed by atoms with Crippen molar-refractivity contribution in [3.8, 4) is 0 Å². The van der Waals surface area contributed by atoms with Gasteiger partial charge < -0.3 is 9.47 Å². The van der Waals surface area contributed by atoms with Gasteiger partial charge in [0.15, 0.2) is 0 Å². The van der Waals surface area contributed by atoms with Gasteiger partial charge in [0.05, 0.1) is 12.1 Å². The topological polar surface area (TPSA) is 41.4 Å². The molecule has 2 atom stereocenters. The number of aryl methyl sites for hydroxylation is 1. The molecule has 0 bridgehead atoms. The summed E-state index contributed by atoms with van der Waals surface area (Å²) in [6.45, 7) is 5.60. The molecule has 0 aliphatic carbocycles. The van der Waals surface area contributed by atoms with E-state index in [4.69, 9.17) is 0 Å². The summed E-state index contributed by atoms with van der Waals surface area (Å²) in [7, 11) is 0. The first-order valence-electron chi connectivity index (χ1n) is 9.33. The van der Waals surface area contributed by atoms with Crippen LogP contribution >= 0.6 is 11.3 Å². The zero-order valence-electron chi connectivity index (χ0n) is 15.3. The van der Waals surface area contributed by atoms with Crippen LogP contribution in [0.25, 0.3) is 0 Å². The van der Waals surface area contributed by atoms with Crippen molar-refractivity contribution in [1.82, 2.24) is 19.4 Å². The quantitative estimate of drug-likeness (QED) is 0.699. The third-order valence-electron chi connectivity index (χ3n) is 5.60. The van der Waals surface area contributed by atoms with Gasteiger partial charge in [0.1, 0.15) is 5.69 Å². The number of carbonyl (C=O) groups is 1. The Labute approximate surface area is 162 Å². The Morgan fingerprint density at radius 2 is 2.00 bits per heavy atom. The largest absolute Gasteiger partial charge is 0.337 e. The Kier molecular flexibility index (Phi) is 4.10. The molecule has 0 unspecified atom stereocenters. The van der Waals surface area contributed by atoms with E-state index >= 15 is 0 Å². The number of nitrogens with zero attached hydrogens (tertiary/aromatic N) is 4. The highest BCUT2D eigenvalue weighted by molar-refractivity contribution is 7.11. The first-order valence-corrected chi connectivity index (χ1v) is 10.1. The number of carbonyl (C=O) groups excluding carboxylic acids is 1. The predicted octanol–water partition coefficient (Wildman–Crippen LogP) is 3.33. The number of hydrogen-bond donors (Lipinski definition) is 0. The molecule has 2 aliphatic rings. The monoisotopic (exact) mass is 378 g/mol. The van der Waals surface area contributed by atoms with Gasteiger partial charge in [-0.25, -0.2) is 0 Å². The fourth-order valence-corrected chi connectivity index (χ4v) is 5.32. The van der Waals surface area contributed by atoms with Crippen LogP contribution in [0.2, 0.25) is 0 Å². The van der Waals surface area contributed by atoms with Crippen molar-refractivity contribution < 1.29 is 4.79 Å². The van der Waals surface area contributed by atoms with Crippen molar-refractivity contribution in [3.05, 3.63) is 76.0 Å². The van der Waals surface area contributed by atoms with Crippen LogP contribution in [0.15, 0.2) is 55.0 Å². The Morgan fingerprint density at radius 3 is 2.78 bits per heavy atom. The lowest BCUT2D eigenvalue weighted by Gasteiger charge is -2.38. The first-order chi connectivity index (χ1) is 13.2. The maximum Gasteiger partial charge on any atom is 0.271 e. The average Bonchev–Trinajstić information content (AvgIpc) is 3.39. The molecule has 2 aliphatic heterocycles. The lowest BCUT2D eigenvalue weighted by atomic mass is 10.0. The summed E-state index contributed by atoms with van der Waals surface area (Å²) in [6, 6.07) is 12.8. The lowest BCUT2D eigenvalue weighted by Crippen LogP contribution is -2.49. The summed E-state index contributed by atoms with van der Waals surface area (Å²) in [5, 5.41) is 0. The van der Waals surface area contributed by atoms with E-state index in [-0.39, 0.29) is 11.9 Å². The molecule has 138 valence electrons. The van der Waals surface area contributed by atoms with Gasteiger partial charge in [0.25, 0.3) is 5.91 Å². The molecule has 0 N–H and O–H groups in total. The minimum absolute atomic E-state index is 0.124. The van der Waals surface area contributed by atoms with E-state index in [1.165, 1.54) is 9.75 Å².